The number of hydrogen-bond donors (Lipinski definition) is 1. The summed E-state index contributed by atoms with van der Waals surface area (Å²) >= 11 is 3.56. The summed E-state index contributed by atoms with van der Waals surface area (Å²) in [6.45, 7) is 2.89. The van der Waals surface area contributed by atoms with Gasteiger partial charge in [-0.25, -0.2) is 0 Å². The number of nitrogens with one attached hydrogen (secondary N) is 1. The van der Waals surface area contributed by atoms with Crippen molar-refractivity contribution in [3.63, 3.8) is 0 Å². The maximum atomic E-state index is 5.26. The Labute approximate surface area is 106 Å². The van der Waals surface area contributed by atoms with E-state index in [0.717, 1.165) is 17.0 Å². The van der Waals surface area contributed by atoms with Crippen LogP contribution in [0.25, 0.3) is 0 Å². The minimum atomic E-state index is 0.458. The number of ether oxygens (including phenoxy) is 1. The molecule has 0 heterocycles. The van der Waals surface area contributed by atoms with E-state index in [1.165, 1.54) is 24.1 Å². The Morgan fingerprint density at radius 2 is 2.25 bits per heavy atom. The molecule has 1 saturated carbocycles. The Kier molecular flexibility index (Phi) is 3.87. The van der Waals surface area contributed by atoms with Gasteiger partial charge in [-0.3, -0.25) is 0 Å². The van der Waals surface area contributed by atoms with Crippen LogP contribution < -0.4 is 5.32 Å². The van der Waals surface area contributed by atoms with E-state index in [9.17, 15) is 0 Å². The zero-order valence-electron chi connectivity index (χ0n) is 9.79. The summed E-state index contributed by atoms with van der Waals surface area (Å²) in [5.74, 6) is 0.792. The molecule has 0 saturated heterocycles. The van der Waals surface area contributed by atoms with Gasteiger partial charge in [-0.2, -0.15) is 0 Å². The second-order valence-corrected chi connectivity index (χ2v) is 5.36. The van der Waals surface area contributed by atoms with Gasteiger partial charge in [0.2, 0.25) is 0 Å². The zero-order chi connectivity index (χ0) is 11.5. The number of anilines is 1. The Morgan fingerprint density at radius 3 is 2.81 bits per heavy atom. The fourth-order valence-corrected chi connectivity index (χ4v) is 2.25. The first-order chi connectivity index (χ1) is 7.70. The van der Waals surface area contributed by atoms with E-state index >= 15 is 0 Å². The van der Waals surface area contributed by atoms with Gasteiger partial charge in [0, 0.05) is 17.3 Å². The van der Waals surface area contributed by atoms with Crippen molar-refractivity contribution in [3.8, 4) is 0 Å². The normalized spacial score (nSPS) is 17.2. The molecule has 0 aromatic heterocycles. The summed E-state index contributed by atoms with van der Waals surface area (Å²) in [7, 11) is 1.77. The molecule has 1 atom stereocenters. The van der Waals surface area contributed by atoms with Crippen molar-refractivity contribution < 1.29 is 4.74 Å². The van der Waals surface area contributed by atoms with E-state index in [2.05, 4.69) is 46.4 Å². The van der Waals surface area contributed by atoms with Gasteiger partial charge in [0.05, 0.1) is 12.6 Å². The molecule has 1 aliphatic carbocycles. The molecular formula is C13H18BrNO. The molecule has 0 aliphatic heterocycles. The van der Waals surface area contributed by atoms with Gasteiger partial charge in [-0.1, -0.05) is 22.0 Å². The summed E-state index contributed by atoms with van der Waals surface area (Å²) in [4.78, 5) is 0. The van der Waals surface area contributed by atoms with Crippen molar-refractivity contribution in [2.24, 2.45) is 5.92 Å². The topological polar surface area (TPSA) is 21.3 Å². The second-order valence-electron chi connectivity index (χ2n) is 4.51. The SMILES string of the molecule is COCC(Nc1ccc(C)c(Br)c1)C1CC1. The van der Waals surface area contributed by atoms with Crippen molar-refractivity contribution in [3.05, 3.63) is 28.2 Å². The third-order valence-electron chi connectivity index (χ3n) is 3.06. The van der Waals surface area contributed by atoms with Gasteiger partial charge < -0.3 is 10.1 Å². The largest absolute Gasteiger partial charge is 0.383 e. The van der Waals surface area contributed by atoms with Crippen LogP contribution in [-0.4, -0.2) is 19.8 Å². The fourth-order valence-electron chi connectivity index (χ4n) is 1.87. The quantitative estimate of drug-likeness (QED) is 0.892. The first-order valence-corrected chi connectivity index (χ1v) is 6.51. The first kappa shape index (κ1) is 11.9. The van der Waals surface area contributed by atoms with E-state index in [4.69, 9.17) is 4.74 Å². The highest BCUT2D eigenvalue weighted by Gasteiger charge is 2.31. The van der Waals surface area contributed by atoms with Gasteiger partial charge in [0.15, 0.2) is 0 Å². The Morgan fingerprint density at radius 1 is 1.50 bits per heavy atom. The van der Waals surface area contributed by atoms with E-state index < -0.39 is 0 Å². The first-order valence-electron chi connectivity index (χ1n) is 5.72. The lowest BCUT2D eigenvalue weighted by molar-refractivity contribution is 0.179. The second kappa shape index (κ2) is 5.19. The molecule has 88 valence electrons. The molecule has 1 aromatic rings. The highest BCUT2D eigenvalue weighted by Crippen LogP contribution is 2.34. The van der Waals surface area contributed by atoms with E-state index in [1.54, 1.807) is 7.11 Å². The lowest BCUT2D eigenvalue weighted by Crippen LogP contribution is -2.27. The van der Waals surface area contributed by atoms with Crippen molar-refractivity contribution in [2.75, 3.05) is 19.0 Å². The maximum Gasteiger partial charge on any atom is 0.0666 e. The minimum Gasteiger partial charge on any atom is -0.383 e. The van der Waals surface area contributed by atoms with Crippen LogP contribution in [0.1, 0.15) is 18.4 Å². The predicted molar refractivity (Wildman–Crippen MR) is 70.9 cm³/mol. The number of halogens is 1. The Bertz CT molecular complexity index is 363. The molecule has 16 heavy (non-hydrogen) atoms. The van der Waals surface area contributed by atoms with Crippen LogP contribution in [0, 0.1) is 12.8 Å². The number of benzene rings is 1. The monoisotopic (exact) mass is 283 g/mol. The number of rotatable bonds is 5. The molecule has 2 nitrogen and oxygen atoms in total. The van der Waals surface area contributed by atoms with Crippen molar-refractivity contribution in [1.29, 1.82) is 0 Å². The third kappa shape index (κ3) is 2.98. The maximum absolute atomic E-state index is 5.26. The fraction of sp³-hybridized carbons (Fsp3) is 0.538. The minimum absolute atomic E-state index is 0.458. The molecule has 0 bridgehead atoms. The van der Waals surface area contributed by atoms with Crippen LogP contribution in [0.4, 0.5) is 5.69 Å². The average molecular weight is 284 g/mol. The highest BCUT2D eigenvalue weighted by atomic mass is 79.9. The summed E-state index contributed by atoms with van der Waals surface area (Å²) in [6, 6.07) is 6.86. The van der Waals surface area contributed by atoms with Crippen LogP contribution >= 0.6 is 15.9 Å². The van der Waals surface area contributed by atoms with Crippen molar-refractivity contribution in [2.45, 2.75) is 25.8 Å². The number of hydrogen-bond acceptors (Lipinski definition) is 2. The summed E-state index contributed by atoms with van der Waals surface area (Å²) < 4.78 is 6.41. The molecule has 0 spiro atoms. The molecule has 1 fully saturated rings. The van der Waals surface area contributed by atoms with Crippen LogP contribution in [-0.2, 0) is 4.74 Å². The Balaban J connectivity index is 2.03. The number of aryl methyl sites for hydroxylation is 1. The van der Waals surface area contributed by atoms with E-state index in [-0.39, 0.29) is 0 Å². The van der Waals surface area contributed by atoms with Crippen LogP contribution in [0.3, 0.4) is 0 Å². The van der Waals surface area contributed by atoms with E-state index in [1.807, 2.05) is 0 Å². The van der Waals surface area contributed by atoms with Gasteiger partial charge in [0.1, 0.15) is 0 Å². The van der Waals surface area contributed by atoms with Gasteiger partial charge >= 0.3 is 0 Å². The summed E-state index contributed by atoms with van der Waals surface area (Å²) in [5.41, 5.74) is 2.44. The third-order valence-corrected chi connectivity index (χ3v) is 3.92. The predicted octanol–water partition coefficient (Wildman–Crippen LogP) is 3.59. The van der Waals surface area contributed by atoms with Gasteiger partial charge in [-0.05, 0) is 43.4 Å². The molecule has 1 N–H and O–H groups in total. The summed E-state index contributed by atoms with van der Waals surface area (Å²) in [6.07, 6.45) is 2.65. The molecule has 0 amide bonds. The molecular weight excluding hydrogens is 266 g/mol. The van der Waals surface area contributed by atoms with Crippen molar-refractivity contribution in [1.82, 2.24) is 0 Å². The zero-order valence-corrected chi connectivity index (χ0v) is 11.4. The van der Waals surface area contributed by atoms with Crippen molar-refractivity contribution >= 4 is 21.6 Å². The molecule has 0 radical (unpaired) electrons. The van der Waals surface area contributed by atoms with Crippen LogP contribution in [0.2, 0.25) is 0 Å². The van der Waals surface area contributed by atoms with Crippen LogP contribution in [0.15, 0.2) is 22.7 Å². The molecule has 2 rings (SSSR count). The molecule has 3 heteroatoms. The lowest BCUT2D eigenvalue weighted by atomic mass is 10.1. The summed E-state index contributed by atoms with van der Waals surface area (Å²) in [5, 5.41) is 3.55. The molecule has 1 unspecified atom stereocenters. The highest BCUT2D eigenvalue weighted by molar-refractivity contribution is 9.10. The van der Waals surface area contributed by atoms with Gasteiger partial charge in [0.25, 0.3) is 0 Å². The number of methoxy groups -OCH3 is 1. The van der Waals surface area contributed by atoms with Crippen LogP contribution in [0.5, 0.6) is 0 Å². The standard InChI is InChI=1S/C13H18BrNO/c1-9-3-6-11(7-12(9)14)15-13(8-16-2)10-4-5-10/h3,6-7,10,13,15H,4-5,8H2,1-2H3. The smallest absolute Gasteiger partial charge is 0.0666 e. The van der Waals surface area contributed by atoms with E-state index in [0.29, 0.717) is 6.04 Å². The Hall–Kier alpha value is -0.540. The molecule has 1 aromatic carbocycles. The van der Waals surface area contributed by atoms with Gasteiger partial charge in [-0.15, -0.1) is 0 Å². The average Bonchev–Trinajstić information content (AvgIpc) is 3.06. The molecule has 1 aliphatic rings. The lowest BCUT2D eigenvalue weighted by Gasteiger charge is -2.19.